The summed E-state index contributed by atoms with van der Waals surface area (Å²) in [6.07, 6.45) is 1.49. The molecule has 1 unspecified atom stereocenters. The maximum absolute atomic E-state index is 12.2. The Morgan fingerprint density at radius 3 is 2.56 bits per heavy atom. The summed E-state index contributed by atoms with van der Waals surface area (Å²) in [6, 6.07) is 4.87. The van der Waals surface area contributed by atoms with Gasteiger partial charge in [0.25, 0.3) is 0 Å². The van der Waals surface area contributed by atoms with E-state index in [4.69, 9.17) is 5.73 Å². The van der Waals surface area contributed by atoms with Gasteiger partial charge in [-0.25, -0.2) is 8.42 Å². The summed E-state index contributed by atoms with van der Waals surface area (Å²) >= 11 is 3.26. The Hall–Kier alpha value is -0.550. The highest BCUT2D eigenvalue weighted by Crippen LogP contribution is 2.27. The first-order valence-electron chi connectivity index (χ1n) is 5.18. The van der Waals surface area contributed by atoms with E-state index in [0.29, 0.717) is 12.1 Å². The zero-order chi connectivity index (χ0) is 12.3. The van der Waals surface area contributed by atoms with E-state index in [1.54, 1.807) is 25.1 Å². The Labute approximate surface area is 105 Å². The monoisotopic (exact) mass is 305 g/mol. The zero-order valence-corrected chi connectivity index (χ0v) is 11.8. The lowest BCUT2D eigenvalue weighted by molar-refractivity contribution is 0.576. The number of anilines is 1. The third-order valence-electron chi connectivity index (χ3n) is 2.50. The molecule has 0 fully saturated rings. The van der Waals surface area contributed by atoms with Gasteiger partial charge in [0.05, 0.1) is 15.8 Å². The summed E-state index contributed by atoms with van der Waals surface area (Å²) in [7, 11) is -3.29. The Balaban J connectivity index is 3.17. The van der Waals surface area contributed by atoms with Gasteiger partial charge in [0.1, 0.15) is 0 Å². The largest absolute Gasteiger partial charge is 0.398 e. The number of nitrogens with two attached hydrogens (primary N) is 1. The standard InChI is InChI=1S/C11H16BrNO2S/c1-3-4-8(2)16(14,15)11-6-5-9(12)7-10(11)13/h5-8H,3-4,13H2,1-2H3. The molecule has 1 aromatic carbocycles. The highest BCUT2D eigenvalue weighted by atomic mass is 79.9. The van der Waals surface area contributed by atoms with Crippen LogP contribution in [0.1, 0.15) is 26.7 Å². The van der Waals surface area contributed by atoms with Crippen molar-refractivity contribution >= 4 is 31.5 Å². The fourth-order valence-electron chi connectivity index (χ4n) is 1.56. The molecule has 0 amide bonds. The van der Waals surface area contributed by atoms with Crippen LogP contribution in [0.15, 0.2) is 27.6 Å². The molecule has 0 spiro atoms. The third-order valence-corrected chi connectivity index (χ3v) is 5.28. The van der Waals surface area contributed by atoms with E-state index in [2.05, 4.69) is 15.9 Å². The van der Waals surface area contributed by atoms with E-state index in [1.165, 1.54) is 0 Å². The van der Waals surface area contributed by atoms with Crippen molar-refractivity contribution in [3.8, 4) is 0 Å². The minimum absolute atomic E-state index is 0.233. The fraction of sp³-hybridized carbons (Fsp3) is 0.455. The van der Waals surface area contributed by atoms with Crippen molar-refractivity contribution in [3.63, 3.8) is 0 Å². The lowest BCUT2D eigenvalue weighted by Crippen LogP contribution is -2.19. The Kier molecular flexibility index (Phi) is 4.38. The number of halogens is 1. The lowest BCUT2D eigenvalue weighted by Gasteiger charge is -2.13. The van der Waals surface area contributed by atoms with Crippen LogP contribution in [0, 0.1) is 0 Å². The van der Waals surface area contributed by atoms with Gasteiger partial charge in [-0.05, 0) is 31.5 Å². The fourth-order valence-corrected chi connectivity index (χ4v) is 3.56. The Bertz CT molecular complexity index is 471. The average molecular weight is 306 g/mol. The van der Waals surface area contributed by atoms with Gasteiger partial charge >= 0.3 is 0 Å². The summed E-state index contributed by atoms with van der Waals surface area (Å²) in [5.41, 5.74) is 6.04. The molecule has 0 aliphatic carbocycles. The minimum Gasteiger partial charge on any atom is -0.398 e. The summed E-state index contributed by atoms with van der Waals surface area (Å²) in [4.78, 5) is 0.233. The van der Waals surface area contributed by atoms with Crippen LogP contribution in [0.25, 0.3) is 0 Å². The number of benzene rings is 1. The van der Waals surface area contributed by atoms with Gasteiger partial charge < -0.3 is 5.73 Å². The number of hydrogen-bond acceptors (Lipinski definition) is 3. The first-order chi connectivity index (χ1) is 7.39. The lowest BCUT2D eigenvalue weighted by atomic mass is 10.3. The van der Waals surface area contributed by atoms with Crippen molar-refractivity contribution in [2.24, 2.45) is 0 Å². The van der Waals surface area contributed by atoms with E-state index in [1.807, 2.05) is 6.92 Å². The van der Waals surface area contributed by atoms with E-state index < -0.39 is 9.84 Å². The molecule has 5 heteroatoms. The van der Waals surface area contributed by atoms with Gasteiger partial charge in [-0.15, -0.1) is 0 Å². The van der Waals surface area contributed by atoms with Crippen LogP contribution in [0.2, 0.25) is 0 Å². The molecule has 0 aliphatic heterocycles. The third kappa shape index (κ3) is 2.77. The SMILES string of the molecule is CCCC(C)S(=O)(=O)c1ccc(Br)cc1N. The quantitative estimate of drug-likeness (QED) is 0.870. The minimum atomic E-state index is -3.29. The number of sulfone groups is 1. The van der Waals surface area contributed by atoms with E-state index in [-0.39, 0.29) is 10.1 Å². The van der Waals surface area contributed by atoms with Crippen LogP contribution >= 0.6 is 15.9 Å². The van der Waals surface area contributed by atoms with E-state index >= 15 is 0 Å². The average Bonchev–Trinajstić information content (AvgIpc) is 2.17. The second-order valence-corrected chi connectivity index (χ2v) is 7.08. The molecule has 0 radical (unpaired) electrons. The van der Waals surface area contributed by atoms with Gasteiger partial charge in [0.15, 0.2) is 9.84 Å². The summed E-state index contributed by atoms with van der Waals surface area (Å²) in [5.74, 6) is 0. The summed E-state index contributed by atoms with van der Waals surface area (Å²) < 4.78 is 25.1. The van der Waals surface area contributed by atoms with Gasteiger partial charge in [0.2, 0.25) is 0 Å². The molecular weight excluding hydrogens is 290 g/mol. The second kappa shape index (κ2) is 5.19. The maximum atomic E-state index is 12.2. The highest BCUT2D eigenvalue weighted by molar-refractivity contribution is 9.10. The number of nitrogen functional groups attached to an aromatic ring is 1. The maximum Gasteiger partial charge on any atom is 0.182 e. The van der Waals surface area contributed by atoms with Crippen molar-refractivity contribution in [2.45, 2.75) is 36.8 Å². The smallest absolute Gasteiger partial charge is 0.182 e. The first kappa shape index (κ1) is 13.5. The highest BCUT2D eigenvalue weighted by Gasteiger charge is 2.24. The van der Waals surface area contributed by atoms with Crippen LogP contribution in [0.4, 0.5) is 5.69 Å². The number of hydrogen-bond donors (Lipinski definition) is 1. The molecule has 0 heterocycles. The summed E-state index contributed by atoms with van der Waals surface area (Å²) in [5, 5.41) is -0.388. The Morgan fingerprint density at radius 1 is 1.44 bits per heavy atom. The first-order valence-corrected chi connectivity index (χ1v) is 7.52. The molecule has 1 aromatic rings. The molecule has 3 nitrogen and oxygen atoms in total. The molecule has 0 saturated heterocycles. The predicted molar refractivity (Wildman–Crippen MR) is 70.1 cm³/mol. The van der Waals surface area contributed by atoms with Crippen LogP contribution in [0.3, 0.4) is 0 Å². The molecule has 0 saturated carbocycles. The van der Waals surface area contributed by atoms with Crippen LogP contribution < -0.4 is 5.73 Å². The molecular formula is C11H16BrNO2S. The molecule has 90 valence electrons. The Morgan fingerprint density at radius 2 is 2.06 bits per heavy atom. The van der Waals surface area contributed by atoms with Gasteiger partial charge in [-0.1, -0.05) is 29.3 Å². The molecule has 2 N–H and O–H groups in total. The molecule has 0 bridgehead atoms. The van der Waals surface area contributed by atoms with Gasteiger partial charge in [-0.2, -0.15) is 0 Å². The predicted octanol–water partition coefficient (Wildman–Crippen LogP) is 2.99. The van der Waals surface area contributed by atoms with Crippen molar-refractivity contribution in [2.75, 3.05) is 5.73 Å². The zero-order valence-electron chi connectivity index (χ0n) is 9.40. The van der Waals surface area contributed by atoms with Crippen molar-refractivity contribution < 1.29 is 8.42 Å². The van der Waals surface area contributed by atoms with E-state index in [0.717, 1.165) is 10.9 Å². The molecule has 0 aliphatic rings. The molecule has 1 atom stereocenters. The normalized spacial score (nSPS) is 13.7. The number of rotatable bonds is 4. The second-order valence-electron chi connectivity index (χ2n) is 3.83. The van der Waals surface area contributed by atoms with Crippen LogP contribution in [-0.4, -0.2) is 13.7 Å². The van der Waals surface area contributed by atoms with Crippen molar-refractivity contribution in [1.29, 1.82) is 0 Å². The molecule has 0 aromatic heterocycles. The van der Waals surface area contributed by atoms with Crippen molar-refractivity contribution in [3.05, 3.63) is 22.7 Å². The van der Waals surface area contributed by atoms with E-state index in [9.17, 15) is 8.42 Å². The van der Waals surface area contributed by atoms with Crippen LogP contribution in [-0.2, 0) is 9.84 Å². The van der Waals surface area contributed by atoms with Gasteiger partial charge in [-0.3, -0.25) is 0 Å². The topological polar surface area (TPSA) is 60.2 Å². The van der Waals surface area contributed by atoms with Crippen molar-refractivity contribution in [1.82, 2.24) is 0 Å². The molecule has 16 heavy (non-hydrogen) atoms. The van der Waals surface area contributed by atoms with Crippen LogP contribution in [0.5, 0.6) is 0 Å². The molecule has 1 rings (SSSR count). The van der Waals surface area contributed by atoms with Gasteiger partial charge in [0, 0.05) is 4.47 Å². The summed E-state index contributed by atoms with van der Waals surface area (Å²) in [6.45, 7) is 3.69.